The van der Waals surface area contributed by atoms with Gasteiger partial charge in [-0.1, -0.05) is 31.5 Å². The third kappa shape index (κ3) is 4.57. The van der Waals surface area contributed by atoms with Crippen molar-refractivity contribution in [3.63, 3.8) is 0 Å². The zero-order chi connectivity index (χ0) is 13.4. The van der Waals surface area contributed by atoms with Gasteiger partial charge in [0, 0.05) is 12.6 Å². The summed E-state index contributed by atoms with van der Waals surface area (Å²) in [4.78, 5) is 24.7. The van der Waals surface area contributed by atoms with Crippen LogP contribution in [0, 0.1) is 0 Å². The quantitative estimate of drug-likeness (QED) is 0.573. The van der Waals surface area contributed by atoms with Crippen LogP contribution in [0.4, 0.5) is 0 Å². The minimum atomic E-state index is -0.366. The predicted octanol–water partition coefficient (Wildman–Crippen LogP) is 2.10. The van der Waals surface area contributed by atoms with E-state index in [2.05, 4.69) is 0 Å². The minimum absolute atomic E-state index is 0.0164. The average molecular weight is 249 g/mol. The molecule has 0 N–H and O–H groups in total. The summed E-state index contributed by atoms with van der Waals surface area (Å²) in [5, 5.41) is 0. The molecule has 1 rings (SSSR count). The molecule has 0 atom stereocenters. The van der Waals surface area contributed by atoms with E-state index in [0.29, 0.717) is 12.2 Å². The maximum absolute atomic E-state index is 11.9. The Bertz CT molecular complexity index is 389. The fourth-order valence-corrected chi connectivity index (χ4v) is 1.44. The number of carbonyl (C=O) groups is 2. The van der Waals surface area contributed by atoms with Crippen molar-refractivity contribution in [1.29, 1.82) is 0 Å². The number of carbonyl (C=O) groups excluding carboxylic acids is 2. The molecule has 0 radical (unpaired) electrons. The number of benzene rings is 1. The van der Waals surface area contributed by atoms with Crippen LogP contribution in [0.1, 0.15) is 30.1 Å². The van der Waals surface area contributed by atoms with Crippen LogP contribution in [0.2, 0.25) is 0 Å². The number of nitrogens with zero attached hydrogens (tertiary/aromatic N) is 1. The summed E-state index contributed by atoms with van der Waals surface area (Å²) in [5.41, 5.74) is 0.571. The summed E-state index contributed by atoms with van der Waals surface area (Å²) >= 11 is 0. The van der Waals surface area contributed by atoms with E-state index in [0.717, 1.165) is 12.8 Å². The summed E-state index contributed by atoms with van der Waals surface area (Å²) in [6, 6.07) is 8.87. The summed E-state index contributed by atoms with van der Waals surface area (Å²) in [5.74, 6) is -0.543. The fraction of sp³-hybridized carbons (Fsp3) is 0.429. The summed E-state index contributed by atoms with van der Waals surface area (Å²) in [6.45, 7) is 2.43. The van der Waals surface area contributed by atoms with E-state index >= 15 is 0 Å². The lowest BCUT2D eigenvalue weighted by Gasteiger charge is -2.16. The zero-order valence-corrected chi connectivity index (χ0v) is 10.9. The van der Waals surface area contributed by atoms with Crippen LogP contribution in [-0.2, 0) is 9.53 Å². The third-order valence-electron chi connectivity index (χ3n) is 2.49. The smallest absolute Gasteiger partial charge is 0.325 e. The number of unbranched alkanes of at least 4 members (excludes halogenated alkanes) is 1. The van der Waals surface area contributed by atoms with Crippen molar-refractivity contribution in [1.82, 2.24) is 4.90 Å². The second kappa shape index (κ2) is 7.48. The number of hydrogen-bond acceptors (Lipinski definition) is 3. The minimum Gasteiger partial charge on any atom is -0.464 e. The molecule has 0 fully saturated rings. The van der Waals surface area contributed by atoms with Gasteiger partial charge in [-0.15, -0.1) is 0 Å². The van der Waals surface area contributed by atoms with Crippen LogP contribution in [-0.4, -0.2) is 37.0 Å². The van der Waals surface area contributed by atoms with Crippen LogP contribution in [0.5, 0.6) is 0 Å². The second-order valence-corrected chi connectivity index (χ2v) is 4.10. The fourth-order valence-electron chi connectivity index (χ4n) is 1.44. The van der Waals surface area contributed by atoms with E-state index in [1.165, 1.54) is 4.90 Å². The van der Waals surface area contributed by atoms with E-state index in [9.17, 15) is 9.59 Å². The molecule has 0 bridgehead atoms. The van der Waals surface area contributed by atoms with E-state index in [1.807, 2.05) is 13.0 Å². The molecule has 0 unspecified atom stereocenters. The first kappa shape index (κ1) is 14.2. The molecule has 1 aromatic carbocycles. The van der Waals surface area contributed by atoms with Crippen LogP contribution < -0.4 is 0 Å². The molecule has 1 aromatic rings. The molecule has 1 amide bonds. The van der Waals surface area contributed by atoms with E-state index in [4.69, 9.17) is 4.74 Å². The van der Waals surface area contributed by atoms with Crippen molar-refractivity contribution in [3.05, 3.63) is 35.9 Å². The monoisotopic (exact) mass is 249 g/mol. The lowest BCUT2D eigenvalue weighted by Crippen LogP contribution is -2.33. The number of esters is 1. The van der Waals surface area contributed by atoms with Gasteiger partial charge < -0.3 is 9.64 Å². The number of likely N-dealkylation sites (N-methyl/N-ethyl adjacent to an activating group) is 1. The molecule has 18 heavy (non-hydrogen) atoms. The number of amides is 1. The molecule has 0 aliphatic carbocycles. The van der Waals surface area contributed by atoms with Gasteiger partial charge in [-0.25, -0.2) is 0 Å². The van der Waals surface area contributed by atoms with Crippen molar-refractivity contribution < 1.29 is 14.3 Å². The van der Waals surface area contributed by atoms with Crippen molar-refractivity contribution in [2.75, 3.05) is 20.2 Å². The Morgan fingerprint density at radius 3 is 2.50 bits per heavy atom. The first-order valence-corrected chi connectivity index (χ1v) is 6.11. The molecule has 0 saturated heterocycles. The topological polar surface area (TPSA) is 46.6 Å². The Labute approximate surface area is 108 Å². The summed E-state index contributed by atoms with van der Waals surface area (Å²) in [7, 11) is 1.59. The van der Waals surface area contributed by atoms with Crippen LogP contribution in [0.3, 0.4) is 0 Å². The van der Waals surface area contributed by atoms with Crippen molar-refractivity contribution >= 4 is 11.9 Å². The van der Waals surface area contributed by atoms with Crippen molar-refractivity contribution in [2.24, 2.45) is 0 Å². The van der Waals surface area contributed by atoms with Gasteiger partial charge in [0.05, 0.1) is 6.61 Å². The molecule has 0 spiro atoms. The summed E-state index contributed by atoms with van der Waals surface area (Å²) in [6.07, 6.45) is 1.83. The normalized spacial score (nSPS) is 9.89. The zero-order valence-electron chi connectivity index (χ0n) is 10.9. The highest BCUT2D eigenvalue weighted by atomic mass is 16.5. The molecule has 4 nitrogen and oxygen atoms in total. The Morgan fingerprint density at radius 1 is 1.22 bits per heavy atom. The second-order valence-electron chi connectivity index (χ2n) is 4.10. The van der Waals surface area contributed by atoms with Gasteiger partial charge in [0.1, 0.15) is 6.54 Å². The standard InChI is InChI=1S/C14H19NO3/c1-3-4-10-18-13(16)11-15(2)14(17)12-8-6-5-7-9-12/h5-9H,3-4,10-11H2,1-2H3. The van der Waals surface area contributed by atoms with E-state index in [-0.39, 0.29) is 18.4 Å². The lowest BCUT2D eigenvalue weighted by molar-refractivity contribution is -0.144. The Kier molecular flexibility index (Phi) is 5.91. The number of hydrogen-bond donors (Lipinski definition) is 0. The Balaban J connectivity index is 2.43. The molecular weight excluding hydrogens is 230 g/mol. The maximum Gasteiger partial charge on any atom is 0.325 e. The molecule has 98 valence electrons. The van der Waals surface area contributed by atoms with Gasteiger partial charge in [0.2, 0.25) is 0 Å². The molecule has 0 aliphatic heterocycles. The van der Waals surface area contributed by atoms with Crippen molar-refractivity contribution in [3.8, 4) is 0 Å². The SMILES string of the molecule is CCCCOC(=O)CN(C)C(=O)c1ccccc1. The van der Waals surface area contributed by atoms with Crippen molar-refractivity contribution in [2.45, 2.75) is 19.8 Å². The summed E-state index contributed by atoms with van der Waals surface area (Å²) < 4.78 is 5.01. The van der Waals surface area contributed by atoms with Gasteiger partial charge in [-0.2, -0.15) is 0 Å². The van der Waals surface area contributed by atoms with Crippen LogP contribution >= 0.6 is 0 Å². The molecule has 0 heterocycles. The number of ether oxygens (including phenoxy) is 1. The molecule has 4 heteroatoms. The highest BCUT2D eigenvalue weighted by Gasteiger charge is 2.15. The first-order valence-electron chi connectivity index (χ1n) is 6.11. The molecule has 0 saturated carbocycles. The Morgan fingerprint density at radius 2 is 1.89 bits per heavy atom. The number of rotatable bonds is 6. The Hall–Kier alpha value is -1.84. The van der Waals surface area contributed by atoms with Gasteiger partial charge in [-0.3, -0.25) is 9.59 Å². The van der Waals surface area contributed by atoms with E-state index < -0.39 is 0 Å². The predicted molar refractivity (Wildman–Crippen MR) is 69.3 cm³/mol. The van der Waals surface area contributed by atoms with Gasteiger partial charge in [0.25, 0.3) is 5.91 Å². The molecule has 0 aliphatic rings. The maximum atomic E-state index is 11.9. The van der Waals surface area contributed by atoms with Gasteiger partial charge in [0.15, 0.2) is 0 Å². The largest absolute Gasteiger partial charge is 0.464 e. The van der Waals surface area contributed by atoms with Crippen LogP contribution in [0.15, 0.2) is 30.3 Å². The molecular formula is C14H19NO3. The highest BCUT2D eigenvalue weighted by molar-refractivity contribution is 5.95. The highest BCUT2D eigenvalue weighted by Crippen LogP contribution is 2.03. The lowest BCUT2D eigenvalue weighted by atomic mass is 10.2. The third-order valence-corrected chi connectivity index (χ3v) is 2.49. The van der Waals surface area contributed by atoms with E-state index in [1.54, 1.807) is 31.3 Å². The molecule has 0 aromatic heterocycles. The first-order chi connectivity index (χ1) is 8.65. The van der Waals surface area contributed by atoms with Gasteiger partial charge in [-0.05, 0) is 18.6 Å². The average Bonchev–Trinajstić information content (AvgIpc) is 2.39. The van der Waals surface area contributed by atoms with Gasteiger partial charge >= 0.3 is 5.97 Å². The van der Waals surface area contributed by atoms with Crippen LogP contribution in [0.25, 0.3) is 0 Å².